The molecule has 0 heterocycles. The second kappa shape index (κ2) is 7.05. The SMILES string of the molecule is Cc1ccc([C@H](C)NC(=S)Nc2ccc(Br)c(C)c2)cc1. The molecule has 0 aliphatic rings. The fraction of sp³-hybridized carbons (Fsp3) is 0.235. The highest BCUT2D eigenvalue weighted by Gasteiger charge is 2.07. The fourth-order valence-corrected chi connectivity index (χ4v) is 2.57. The zero-order chi connectivity index (χ0) is 15.4. The smallest absolute Gasteiger partial charge is 0.171 e. The number of thiocarbonyl (C=S) groups is 1. The van der Waals surface area contributed by atoms with Crippen molar-refractivity contribution in [1.29, 1.82) is 0 Å². The van der Waals surface area contributed by atoms with Gasteiger partial charge in [-0.1, -0.05) is 45.8 Å². The van der Waals surface area contributed by atoms with Gasteiger partial charge in [0.25, 0.3) is 0 Å². The van der Waals surface area contributed by atoms with E-state index < -0.39 is 0 Å². The zero-order valence-electron chi connectivity index (χ0n) is 12.4. The molecule has 0 fully saturated rings. The number of halogens is 1. The first-order valence-electron chi connectivity index (χ1n) is 6.86. The van der Waals surface area contributed by atoms with E-state index in [4.69, 9.17) is 12.2 Å². The topological polar surface area (TPSA) is 24.1 Å². The van der Waals surface area contributed by atoms with Gasteiger partial charge in [-0.3, -0.25) is 0 Å². The Morgan fingerprint density at radius 3 is 2.38 bits per heavy atom. The van der Waals surface area contributed by atoms with Crippen molar-refractivity contribution in [1.82, 2.24) is 5.32 Å². The van der Waals surface area contributed by atoms with Crippen molar-refractivity contribution >= 4 is 38.9 Å². The molecule has 0 amide bonds. The minimum Gasteiger partial charge on any atom is -0.356 e. The molecule has 0 radical (unpaired) electrons. The van der Waals surface area contributed by atoms with Gasteiger partial charge in [-0.2, -0.15) is 0 Å². The number of benzene rings is 2. The molecule has 0 bridgehead atoms. The van der Waals surface area contributed by atoms with Crippen molar-refractivity contribution in [2.75, 3.05) is 5.32 Å². The molecule has 2 rings (SSSR count). The van der Waals surface area contributed by atoms with Crippen molar-refractivity contribution in [3.8, 4) is 0 Å². The number of aryl methyl sites for hydroxylation is 2. The lowest BCUT2D eigenvalue weighted by molar-refractivity contribution is 0.722. The van der Waals surface area contributed by atoms with Crippen LogP contribution in [0, 0.1) is 13.8 Å². The highest BCUT2D eigenvalue weighted by atomic mass is 79.9. The Morgan fingerprint density at radius 1 is 1.10 bits per heavy atom. The third-order valence-corrected chi connectivity index (χ3v) is 4.45. The van der Waals surface area contributed by atoms with E-state index in [0.29, 0.717) is 5.11 Å². The van der Waals surface area contributed by atoms with Crippen LogP contribution in [0.3, 0.4) is 0 Å². The molecule has 2 aromatic rings. The first-order chi connectivity index (χ1) is 9.95. The maximum atomic E-state index is 5.38. The van der Waals surface area contributed by atoms with Crippen LogP contribution >= 0.6 is 28.1 Å². The predicted octanol–water partition coefficient (Wildman–Crippen LogP) is 5.11. The summed E-state index contributed by atoms with van der Waals surface area (Å²) in [6.07, 6.45) is 0. The van der Waals surface area contributed by atoms with Crippen LogP contribution in [-0.2, 0) is 0 Å². The highest BCUT2D eigenvalue weighted by Crippen LogP contribution is 2.20. The number of nitrogens with one attached hydrogen (secondary N) is 2. The van der Waals surface area contributed by atoms with Gasteiger partial charge in [0.2, 0.25) is 0 Å². The van der Waals surface area contributed by atoms with Crippen LogP contribution in [0.1, 0.15) is 29.7 Å². The van der Waals surface area contributed by atoms with Crippen LogP contribution in [-0.4, -0.2) is 5.11 Å². The van der Waals surface area contributed by atoms with E-state index >= 15 is 0 Å². The largest absolute Gasteiger partial charge is 0.356 e. The first kappa shape index (κ1) is 16.0. The van der Waals surface area contributed by atoms with Gasteiger partial charge < -0.3 is 10.6 Å². The second-order valence-electron chi connectivity index (χ2n) is 5.19. The molecule has 2 aromatic carbocycles. The molecule has 0 aliphatic carbocycles. The van der Waals surface area contributed by atoms with Gasteiger partial charge in [-0.25, -0.2) is 0 Å². The van der Waals surface area contributed by atoms with Crippen LogP contribution in [0.5, 0.6) is 0 Å². The van der Waals surface area contributed by atoms with Crippen LogP contribution < -0.4 is 10.6 Å². The molecule has 4 heteroatoms. The highest BCUT2D eigenvalue weighted by molar-refractivity contribution is 9.10. The normalized spacial score (nSPS) is 11.8. The molecule has 0 unspecified atom stereocenters. The summed E-state index contributed by atoms with van der Waals surface area (Å²) >= 11 is 8.88. The Hall–Kier alpha value is -1.39. The molecule has 21 heavy (non-hydrogen) atoms. The summed E-state index contributed by atoms with van der Waals surface area (Å²) in [6, 6.07) is 14.7. The summed E-state index contributed by atoms with van der Waals surface area (Å²) < 4.78 is 1.10. The second-order valence-corrected chi connectivity index (χ2v) is 6.46. The summed E-state index contributed by atoms with van der Waals surface area (Å²) in [5.74, 6) is 0. The van der Waals surface area contributed by atoms with Crippen molar-refractivity contribution < 1.29 is 0 Å². The summed E-state index contributed by atoms with van der Waals surface area (Å²) in [4.78, 5) is 0. The van der Waals surface area contributed by atoms with E-state index in [1.54, 1.807) is 0 Å². The molecular weight excluding hydrogens is 344 g/mol. The predicted molar refractivity (Wildman–Crippen MR) is 97.8 cm³/mol. The third-order valence-electron chi connectivity index (χ3n) is 3.34. The summed E-state index contributed by atoms with van der Waals surface area (Å²) in [7, 11) is 0. The Morgan fingerprint density at radius 2 is 1.76 bits per heavy atom. The number of hydrogen-bond donors (Lipinski definition) is 2. The molecule has 0 spiro atoms. The standard InChI is InChI=1S/C17H19BrN2S/c1-11-4-6-14(7-5-11)13(3)19-17(21)20-15-8-9-16(18)12(2)10-15/h4-10,13H,1-3H3,(H2,19,20,21)/t13-/m0/s1. The summed E-state index contributed by atoms with van der Waals surface area (Å²) in [5.41, 5.74) is 4.65. The van der Waals surface area contributed by atoms with E-state index in [0.717, 1.165) is 10.2 Å². The Balaban J connectivity index is 1.97. The molecule has 2 nitrogen and oxygen atoms in total. The van der Waals surface area contributed by atoms with Crippen LogP contribution in [0.25, 0.3) is 0 Å². The summed E-state index contributed by atoms with van der Waals surface area (Å²) in [5, 5.41) is 7.16. The molecule has 110 valence electrons. The Bertz CT molecular complexity index is 638. The minimum atomic E-state index is 0.169. The van der Waals surface area contributed by atoms with Crippen molar-refractivity contribution in [2.45, 2.75) is 26.8 Å². The molecular formula is C17H19BrN2S. The molecule has 0 saturated carbocycles. The maximum absolute atomic E-state index is 5.38. The average Bonchev–Trinajstić information content (AvgIpc) is 2.43. The maximum Gasteiger partial charge on any atom is 0.171 e. The van der Waals surface area contributed by atoms with E-state index in [1.807, 2.05) is 12.1 Å². The van der Waals surface area contributed by atoms with Gasteiger partial charge in [-0.15, -0.1) is 0 Å². The number of hydrogen-bond acceptors (Lipinski definition) is 1. The van der Waals surface area contributed by atoms with Crippen molar-refractivity contribution in [3.05, 3.63) is 63.6 Å². The van der Waals surface area contributed by atoms with Gasteiger partial charge in [0.15, 0.2) is 5.11 Å². The van der Waals surface area contributed by atoms with Gasteiger partial charge in [-0.05, 0) is 62.3 Å². The van der Waals surface area contributed by atoms with Gasteiger partial charge >= 0.3 is 0 Å². The van der Waals surface area contributed by atoms with Gasteiger partial charge in [0.1, 0.15) is 0 Å². The van der Waals surface area contributed by atoms with Crippen molar-refractivity contribution in [3.63, 3.8) is 0 Å². The van der Waals surface area contributed by atoms with Crippen LogP contribution in [0.2, 0.25) is 0 Å². The van der Waals surface area contributed by atoms with Gasteiger partial charge in [0, 0.05) is 10.2 Å². The lowest BCUT2D eigenvalue weighted by Gasteiger charge is -2.18. The summed E-state index contributed by atoms with van der Waals surface area (Å²) in [6.45, 7) is 6.25. The van der Waals surface area contributed by atoms with Crippen LogP contribution in [0.15, 0.2) is 46.9 Å². The molecule has 1 atom stereocenters. The zero-order valence-corrected chi connectivity index (χ0v) is 14.8. The van der Waals surface area contributed by atoms with E-state index in [9.17, 15) is 0 Å². The van der Waals surface area contributed by atoms with E-state index in [-0.39, 0.29) is 6.04 Å². The van der Waals surface area contributed by atoms with Gasteiger partial charge in [0.05, 0.1) is 6.04 Å². The number of rotatable bonds is 3. The third kappa shape index (κ3) is 4.55. The van der Waals surface area contributed by atoms with E-state index in [2.05, 4.69) is 77.7 Å². The first-order valence-corrected chi connectivity index (χ1v) is 8.06. The molecule has 2 N–H and O–H groups in total. The molecule has 0 aromatic heterocycles. The van der Waals surface area contributed by atoms with E-state index in [1.165, 1.54) is 16.7 Å². The monoisotopic (exact) mass is 362 g/mol. The molecule has 0 aliphatic heterocycles. The number of anilines is 1. The van der Waals surface area contributed by atoms with Crippen molar-refractivity contribution in [2.24, 2.45) is 0 Å². The Kier molecular flexibility index (Phi) is 5.37. The Labute approximate surface area is 140 Å². The minimum absolute atomic E-state index is 0.169. The fourth-order valence-electron chi connectivity index (χ4n) is 2.02. The average molecular weight is 363 g/mol. The van der Waals surface area contributed by atoms with Crippen LogP contribution in [0.4, 0.5) is 5.69 Å². The quantitative estimate of drug-likeness (QED) is 0.741. The lowest BCUT2D eigenvalue weighted by atomic mass is 10.1. The lowest BCUT2D eigenvalue weighted by Crippen LogP contribution is -2.30. The molecule has 0 saturated heterocycles.